The van der Waals surface area contributed by atoms with Gasteiger partial charge in [-0.25, -0.2) is 19.9 Å². The van der Waals surface area contributed by atoms with Gasteiger partial charge in [-0.3, -0.25) is 4.57 Å². The first-order chi connectivity index (χ1) is 9.17. The van der Waals surface area contributed by atoms with Crippen molar-refractivity contribution in [3.8, 4) is 0 Å². The normalized spacial score (nSPS) is 10.9. The second kappa shape index (κ2) is 6.21. The third-order valence-electron chi connectivity index (χ3n) is 2.58. The van der Waals surface area contributed by atoms with Crippen molar-refractivity contribution in [3.63, 3.8) is 0 Å². The summed E-state index contributed by atoms with van der Waals surface area (Å²) < 4.78 is 1.55. The Bertz CT molecular complexity index is 624. The molecule has 0 aliphatic rings. The van der Waals surface area contributed by atoms with Crippen molar-refractivity contribution in [2.75, 3.05) is 0 Å². The fourth-order valence-corrected chi connectivity index (χ4v) is 2.96. The van der Waals surface area contributed by atoms with E-state index in [2.05, 4.69) is 27.1 Å². The van der Waals surface area contributed by atoms with Crippen LogP contribution in [0.2, 0.25) is 5.15 Å². The lowest BCUT2D eigenvalue weighted by atomic mass is 10.2. The maximum absolute atomic E-state index is 11.5. The summed E-state index contributed by atoms with van der Waals surface area (Å²) in [6, 6.07) is 0. The van der Waals surface area contributed by atoms with E-state index in [4.69, 9.17) is 11.6 Å². The van der Waals surface area contributed by atoms with Gasteiger partial charge in [-0.15, -0.1) is 5.10 Å². The number of rotatable bonds is 5. The Morgan fingerprint density at radius 1 is 1.42 bits per heavy atom. The Balaban J connectivity index is 2.37. The zero-order chi connectivity index (χ0) is 13.8. The molecule has 0 saturated carbocycles. The van der Waals surface area contributed by atoms with Crippen LogP contribution in [-0.2, 0) is 13.0 Å². The maximum Gasteiger partial charge on any atom is 0.343 e. The Morgan fingerprint density at radius 2 is 2.21 bits per heavy atom. The third-order valence-corrected chi connectivity index (χ3v) is 3.95. The molecule has 1 N–H and O–H groups in total. The number of hydrogen-bond acceptors (Lipinski definition) is 5. The summed E-state index contributed by atoms with van der Waals surface area (Å²) in [5.74, 6) is 0. The molecule has 0 bridgehead atoms. The van der Waals surface area contributed by atoms with E-state index in [9.17, 15) is 4.79 Å². The quantitative estimate of drug-likeness (QED) is 0.856. The SMILES string of the molecule is CCCc1c(Cl)ncnc1Sc1n[nH]c(=O)n1CC. The van der Waals surface area contributed by atoms with E-state index in [1.165, 1.54) is 18.1 Å². The highest BCUT2D eigenvalue weighted by atomic mass is 35.5. The van der Waals surface area contributed by atoms with Gasteiger partial charge in [0.2, 0.25) is 0 Å². The van der Waals surface area contributed by atoms with Crippen molar-refractivity contribution in [1.82, 2.24) is 24.7 Å². The maximum atomic E-state index is 11.5. The van der Waals surface area contributed by atoms with Crippen LogP contribution in [0.1, 0.15) is 25.8 Å². The predicted octanol–water partition coefficient (Wildman–Crippen LogP) is 2.14. The van der Waals surface area contributed by atoms with Crippen LogP contribution in [0.15, 0.2) is 21.3 Å². The molecule has 0 aliphatic heterocycles. The molecular weight excluding hydrogens is 286 g/mol. The highest BCUT2D eigenvalue weighted by Crippen LogP contribution is 2.30. The molecule has 19 heavy (non-hydrogen) atoms. The molecule has 0 unspecified atom stereocenters. The van der Waals surface area contributed by atoms with Gasteiger partial charge in [0.05, 0.1) is 0 Å². The fourth-order valence-electron chi connectivity index (χ4n) is 1.67. The van der Waals surface area contributed by atoms with Crippen LogP contribution in [0.5, 0.6) is 0 Å². The molecule has 6 nitrogen and oxygen atoms in total. The van der Waals surface area contributed by atoms with Crippen molar-refractivity contribution < 1.29 is 0 Å². The molecular formula is C11H14ClN5OS. The average Bonchev–Trinajstić information content (AvgIpc) is 2.74. The molecule has 0 aliphatic carbocycles. The molecule has 2 heterocycles. The van der Waals surface area contributed by atoms with Crippen molar-refractivity contribution >= 4 is 23.4 Å². The van der Waals surface area contributed by atoms with Gasteiger partial charge in [0.25, 0.3) is 0 Å². The number of hydrogen-bond donors (Lipinski definition) is 1. The Kier molecular flexibility index (Phi) is 4.60. The molecule has 2 aromatic rings. The number of aromatic amines is 1. The Hall–Kier alpha value is -1.34. The minimum atomic E-state index is -0.220. The summed E-state index contributed by atoms with van der Waals surface area (Å²) in [5, 5.41) is 8.22. The lowest BCUT2D eigenvalue weighted by molar-refractivity contribution is 0.659. The number of H-pyrrole nitrogens is 1. The molecule has 0 amide bonds. The monoisotopic (exact) mass is 299 g/mol. The first-order valence-corrected chi connectivity index (χ1v) is 7.19. The average molecular weight is 300 g/mol. The van der Waals surface area contributed by atoms with Gasteiger partial charge in [-0.05, 0) is 25.1 Å². The van der Waals surface area contributed by atoms with Crippen molar-refractivity contribution in [1.29, 1.82) is 0 Å². The smallest absolute Gasteiger partial charge is 0.270 e. The van der Waals surface area contributed by atoms with Gasteiger partial charge in [0.15, 0.2) is 5.16 Å². The van der Waals surface area contributed by atoms with E-state index >= 15 is 0 Å². The van der Waals surface area contributed by atoms with E-state index in [1.54, 1.807) is 4.57 Å². The molecule has 0 saturated heterocycles. The second-order valence-corrected chi connectivity index (χ2v) is 5.17. The third kappa shape index (κ3) is 2.98. The van der Waals surface area contributed by atoms with Gasteiger partial charge >= 0.3 is 5.69 Å². The number of nitrogens with one attached hydrogen (secondary N) is 1. The molecule has 0 atom stereocenters. The zero-order valence-corrected chi connectivity index (χ0v) is 12.3. The van der Waals surface area contributed by atoms with Gasteiger partial charge < -0.3 is 0 Å². The van der Waals surface area contributed by atoms with Crippen LogP contribution in [0.4, 0.5) is 0 Å². The van der Waals surface area contributed by atoms with Gasteiger partial charge in [0.1, 0.15) is 16.5 Å². The van der Waals surface area contributed by atoms with Crippen LogP contribution < -0.4 is 5.69 Å². The molecule has 8 heteroatoms. The van der Waals surface area contributed by atoms with E-state index in [-0.39, 0.29) is 5.69 Å². The molecule has 102 valence electrons. The summed E-state index contributed by atoms with van der Waals surface area (Å²) in [5.41, 5.74) is 0.678. The van der Waals surface area contributed by atoms with Crippen LogP contribution in [0.25, 0.3) is 0 Å². The second-order valence-electron chi connectivity index (χ2n) is 3.86. The van der Waals surface area contributed by atoms with Crippen molar-refractivity contribution in [2.24, 2.45) is 0 Å². The number of nitrogens with zero attached hydrogens (tertiary/aromatic N) is 4. The first kappa shape index (κ1) is 14.1. The summed E-state index contributed by atoms with van der Waals surface area (Å²) in [7, 11) is 0. The summed E-state index contributed by atoms with van der Waals surface area (Å²) in [6.07, 6.45) is 3.16. The van der Waals surface area contributed by atoms with E-state index in [0.29, 0.717) is 16.9 Å². The Morgan fingerprint density at radius 3 is 2.89 bits per heavy atom. The Labute approximate surface area is 119 Å². The van der Waals surface area contributed by atoms with Crippen LogP contribution in [0, 0.1) is 0 Å². The van der Waals surface area contributed by atoms with E-state index < -0.39 is 0 Å². The minimum absolute atomic E-state index is 0.220. The lowest BCUT2D eigenvalue weighted by Crippen LogP contribution is -2.16. The standard InChI is InChI=1S/C11H14ClN5OS/c1-3-5-7-8(12)13-6-14-9(7)19-11-16-15-10(18)17(11)4-2/h6H,3-5H2,1-2H3,(H,15,18). The van der Waals surface area contributed by atoms with Crippen molar-refractivity contribution in [3.05, 3.63) is 27.5 Å². The molecule has 0 spiro atoms. The van der Waals surface area contributed by atoms with Crippen LogP contribution in [-0.4, -0.2) is 24.7 Å². The fraction of sp³-hybridized carbons (Fsp3) is 0.455. The number of halogens is 1. The molecule has 0 fully saturated rings. The predicted molar refractivity (Wildman–Crippen MR) is 73.7 cm³/mol. The topological polar surface area (TPSA) is 76.5 Å². The van der Waals surface area contributed by atoms with Crippen LogP contribution >= 0.6 is 23.4 Å². The highest BCUT2D eigenvalue weighted by Gasteiger charge is 2.14. The lowest BCUT2D eigenvalue weighted by Gasteiger charge is -2.07. The zero-order valence-electron chi connectivity index (χ0n) is 10.7. The molecule has 2 aromatic heterocycles. The number of aromatic nitrogens is 5. The largest absolute Gasteiger partial charge is 0.343 e. The molecule has 0 aromatic carbocycles. The summed E-state index contributed by atoms with van der Waals surface area (Å²) in [4.78, 5) is 19.7. The van der Waals surface area contributed by atoms with Crippen LogP contribution in [0.3, 0.4) is 0 Å². The highest BCUT2D eigenvalue weighted by molar-refractivity contribution is 7.99. The van der Waals surface area contributed by atoms with Gasteiger partial charge in [-0.2, -0.15) is 0 Å². The minimum Gasteiger partial charge on any atom is -0.270 e. The summed E-state index contributed by atoms with van der Waals surface area (Å²) >= 11 is 7.42. The van der Waals surface area contributed by atoms with Gasteiger partial charge in [0, 0.05) is 12.1 Å². The van der Waals surface area contributed by atoms with Gasteiger partial charge in [-0.1, -0.05) is 24.9 Å². The van der Waals surface area contributed by atoms with Crippen molar-refractivity contribution in [2.45, 2.75) is 43.4 Å². The van der Waals surface area contributed by atoms with E-state index in [0.717, 1.165) is 23.4 Å². The van der Waals surface area contributed by atoms with E-state index in [1.807, 2.05) is 6.92 Å². The molecule has 0 radical (unpaired) electrons. The molecule has 2 rings (SSSR count). The first-order valence-electron chi connectivity index (χ1n) is 5.99. The summed E-state index contributed by atoms with van der Waals surface area (Å²) in [6.45, 7) is 4.51.